The molecule has 0 amide bonds. The molecule has 4 heterocycles. The SMILES string of the molecule is CN1CCCC(CNc2nc(-c3c[nH]c4ncc(Cl)cc34)ncc2F)C1.O=CCOCc1ccccc1. The number of hydrogen-bond donors (Lipinski definition) is 2. The molecule has 8 nitrogen and oxygen atoms in total. The number of benzene rings is 1. The zero-order chi connectivity index (χ0) is 26.0. The lowest BCUT2D eigenvalue weighted by molar-refractivity contribution is -0.112. The standard InChI is InChI=1S/C18H20ClFN6.C9H10O2/c1-26-4-2-3-11(10-26)6-21-18-15(20)9-24-17(25-18)14-8-23-16-13(14)5-12(19)7-22-16;10-6-7-11-8-9-4-2-1-3-5-9/h5,7-9,11H,2-4,6,10H2,1H3,(H,22,23)(H,21,24,25);1-6H,7-8H2. The number of carbonyl (C=O) groups excluding carboxylic acids is 1. The molecular formula is C27H30ClFN6O2. The van der Waals surface area contributed by atoms with Gasteiger partial charge in [0.2, 0.25) is 0 Å². The number of anilines is 1. The number of rotatable bonds is 8. The Hall–Kier alpha value is -3.40. The maximum absolute atomic E-state index is 14.2. The third-order valence-corrected chi connectivity index (χ3v) is 6.27. The molecule has 10 heteroatoms. The number of nitrogens with one attached hydrogen (secondary N) is 2. The summed E-state index contributed by atoms with van der Waals surface area (Å²) in [5.41, 5.74) is 2.53. The summed E-state index contributed by atoms with van der Waals surface area (Å²) in [6.45, 7) is 3.52. The van der Waals surface area contributed by atoms with E-state index in [1.807, 2.05) is 30.3 Å². The van der Waals surface area contributed by atoms with Crippen LogP contribution in [0.1, 0.15) is 18.4 Å². The number of carbonyl (C=O) groups is 1. The number of pyridine rings is 1. The first-order valence-corrected chi connectivity index (χ1v) is 12.5. The van der Waals surface area contributed by atoms with Crippen LogP contribution in [0.2, 0.25) is 5.02 Å². The number of fused-ring (bicyclic) bond motifs is 1. The lowest BCUT2D eigenvalue weighted by atomic mass is 9.98. The van der Waals surface area contributed by atoms with Gasteiger partial charge in [0.1, 0.15) is 18.5 Å². The van der Waals surface area contributed by atoms with E-state index in [1.54, 1.807) is 18.5 Å². The molecule has 1 aliphatic heterocycles. The average Bonchev–Trinajstić information content (AvgIpc) is 3.32. The Morgan fingerprint density at radius 1 is 1.27 bits per heavy atom. The van der Waals surface area contributed by atoms with Crippen LogP contribution >= 0.6 is 11.6 Å². The van der Waals surface area contributed by atoms with Crippen LogP contribution in [0.5, 0.6) is 0 Å². The van der Waals surface area contributed by atoms with Crippen molar-refractivity contribution in [2.75, 3.05) is 38.6 Å². The van der Waals surface area contributed by atoms with Gasteiger partial charge in [-0.3, -0.25) is 0 Å². The van der Waals surface area contributed by atoms with Crippen LogP contribution in [0.3, 0.4) is 0 Å². The smallest absolute Gasteiger partial charge is 0.183 e. The lowest BCUT2D eigenvalue weighted by Crippen LogP contribution is -2.35. The van der Waals surface area contributed by atoms with Crippen molar-refractivity contribution >= 4 is 34.7 Å². The first-order valence-electron chi connectivity index (χ1n) is 12.2. The monoisotopic (exact) mass is 524 g/mol. The van der Waals surface area contributed by atoms with Crippen LogP contribution < -0.4 is 5.32 Å². The van der Waals surface area contributed by atoms with Crippen molar-refractivity contribution in [3.05, 3.63) is 71.4 Å². The Morgan fingerprint density at radius 2 is 2.11 bits per heavy atom. The Morgan fingerprint density at radius 3 is 2.89 bits per heavy atom. The molecule has 1 unspecified atom stereocenters. The van der Waals surface area contributed by atoms with Crippen LogP contribution in [-0.4, -0.2) is 64.4 Å². The number of hydrogen-bond acceptors (Lipinski definition) is 7. The molecule has 1 atom stereocenters. The minimum absolute atomic E-state index is 0.175. The normalized spacial score (nSPS) is 15.7. The van der Waals surface area contributed by atoms with Crippen LogP contribution in [0, 0.1) is 11.7 Å². The van der Waals surface area contributed by atoms with Gasteiger partial charge in [-0.15, -0.1) is 0 Å². The van der Waals surface area contributed by atoms with E-state index in [4.69, 9.17) is 16.3 Å². The van der Waals surface area contributed by atoms with Crippen LogP contribution in [-0.2, 0) is 16.1 Å². The predicted molar refractivity (Wildman–Crippen MR) is 143 cm³/mol. The average molecular weight is 525 g/mol. The first-order chi connectivity index (χ1) is 18.0. The summed E-state index contributed by atoms with van der Waals surface area (Å²) in [5.74, 6) is 0.703. The Bertz CT molecular complexity index is 1300. The molecule has 0 spiro atoms. The second kappa shape index (κ2) is 13.2. The molecule has 4 aromatic rings. The Kier molecular flexibility index (Phi) is 9.53. The Labute approximate surface area is 220 Å². The fraction of sp³-hybridized carbons (Fsp3) is 0.333. The first kappa shape index (κ1) is 26.7. The van der Waals surface area contributed by atoms with Gasteiger partial charge in [0.15, 0.2) is 17.5 Å². The summed E-state index contributed by atoms with van der Waals surface area (Å²) >= 11 is 6.05. The number of nitrogens with zero attached hydrogens (tertiary/aromatic N) is 4. The van der Waals surface area contributed by atoms with Crippen molar-refractivity contribution in [2.24, 2.45) is 5.92 Å². The molecular weight excluding hydrogens is 495 g/mol. The number of piperidine rings is 1. The summed E-state index contributed by atoms with van der Waals surface area (Å²) < 4.78 is 19.2. The summed E-state index contributed by atoms with van der Waals surface area (Å²) in [7, 11) is 2.12. The molecule has 5 rings (SSSR count). The van der Waals surface area contributed by atoms with Gasteiger partial charge in [0.05, 0.1) is 17.8 Å². The number of ether oxygens (including phenoxy) is 1. The highest BCUT2D eigenvalue weighted by atomic mass is 35.5. The summed E-state index contributed by atoms with van der Waals surface area (Å²) in [5, 5.41) is 4.50. The lowest BCUT2D eigenvalue weighted by Gasteiger charge is -2.29. The molecule has 1 fully saturated rings. The highest BCUT2D eigenvalue weighted by Gasteiger charge is 2.18. The molecule has 1 aromatic carbocycles. The van der Waals surface area contributed by atoms with Crippen molar-refractivity contribution in [1.29, 1.82) is 0 Å². The van der Waals surface area contributed by atoms with E-state index in [0.717, 1.165) is 42.3 Å². The summed E-state index contributed by atoms with van der Waals surface area (Å²) in [4.78, 5) is 28.0. The van der Waals surface area contributed by atoms with E-state index in [2.05, 4.69) is 37.2 Å². The number of H-pyrrole nitrogens is 1. The van der Waals surface area contributed by atoms with E-state index in [1.165, 1.54) is 12.6 Å². The number of aldehydes is 1. The number of aromatic amines is 1. The third-order valence-electron chi connectivity index (χ3n) is 6.06. The minimum Gasteiger partial charge on any atom is -0.369 e. The molecule has 194 valence electrons. The van der Waals surface area contributed by atoms with Crippen molar-refractivity contribution < 1.29 is 13.9 Å². The maximum atomic E-state index is 14.2. The van der Waals surface area contributed by atoms with Crippen LogP contribution in [0.15, 0.2) is 55.0 Å². The molecule has 1 aliphatic rings. The molecule has 0 saturated carbocycles. The van der Waals surface area contributed by atoms with Crippen LogP contribution in [0.25, 0.3) is 22.4 Å². The van der Waals surface area contributed by atoms with E-state index >= 15 is 0 Å². The number of likely N-dealkylation sites (tertiary alicyclic amines) is 1. The van der Waals surface area contributed by atoms with Crippen molar-refractivity contribution in [2.45, 2.75) is 19.4 Å². The summed E-state index contributed by atoms with van der Waals surface area (Å²) in [6.07, 6.45) is 7.61. The number of halogens is 2. The molecule has 0 radical (unpaired) electrons. The largest absolute Gasteiger partial charge is 0.369 e. The molecule has 1 saturated heterocycles. The second-order valence-corrected chi connectivity index (χ2v) is 9.40. The minimum atomic E-state index is -0.450. The Balaban J connectivity index is 0.000000245. The maximum Gasteiger partial charge on any atom is 0.183 e. The topological polar surface area (TPSA) is 96.0 Å². The molecule has 0 bridgehead atoms. The van der Waals surface area contributed by atoms with E-state index in [9.17, 15) is 9.18 Å². The van der Waals surface area contributed by atoms with E-state index in [-0.39, 0.29) is 12.4 Å². The van der Waals surface area contributed by atoms with Gasteiger partial charge in [0.25, 0.3) is 0 Å². The number of aromatic nitrogens is 4. The van der Waals surface area contributed by atoms with Gasteiger partial charge in [-0.1, -0.05) is 41.9 Å². The van der Waals surface area contributed by atoms with E-state index < -0.39 is 5.82 Å². The fourth-order valence-corrected chi connectivity index (χ4v) is 4.42. The van der Waals surface area contributed by atoms with E-state index in [0.29, 0.717) is 35.6 Å². The van der Waals surface area contributed by atoms with Gasteiger partial charge < -0.3 is 24.7 Å². The highest BCUT2D eigenvalue weighted by Crippen LogP contribution is 2.28. The zero-order valence-electron chi connectivity index (χ0n) is 20.7. The van der Waals surface area contributed by atoms with Crippen molar-refractivity contribution in [1.82, 2.24) is 24.8 Å². The molecule has 37 heavy (non-hydrogen) atoms. The predicted octanol–water partition coefficient (Wildman–Crippen LogP) is 4.97. The van der Waals surface area contributed by atoms with Gasteiger partial charge >= 0.3 is 0 Å². The molecule has 2 N–H and O–H groups in total. The summed E-state index contributed by atoms with van der Waals surface area (Å²) in [6, 6.07) is 11.6. The fourth-order valence-electron chi connectivity index (χ4n) is 4.26. The van der Waals surface area contributed by atoms with Gasteiger partial charge in [-0.2, -0.15) is 0 Å². The van der Waals surface area contributed by atoms with Gasteiger partial charge in [-0.05, 0) is 44.0 Å². The highest BCUT2D eigenvalue weighted by molar-refractivity contribution is 6.31. The van der Waals surface area contributed by atoms with Crippen molar-refractivity contribution in [3.63, 3.8) is 0 Å². The molecule has 0 aliphatic carbocycles. The van der Waals surface area contributed by atoms with Gasteiger partial charge in [0, 0.05) is 36.4 Å². The molecule has 3 aromatic heterocycles. The van der Waals surface area contributed by atoms with Crippen molar-refractivity contribution in [3.8, 4) is 11.4 Å². The third kappa shape index (κ3) is 7.55. The quantitative estimate of drug-likeness (QED) is 0.248. The van der Waals surface area contributed by atoms with Gasteiger partial charge in [-0.25, -0.2) is 19.3 Å². The van der Waals surface area contributed by atoms with Crippen LogP contribution in [0.4, 0.5) is 10.2 Å². The second-order valence-electron chi connectivity index (χ2n) is 8.96. The zero-order valence-corrected chi connectivity index (χ0v) is 21.4.